The summed E-state index contributed by atoms with van der Waals surface area (Å²) in [6, 6.07) is 4.02. The molecule has 1 atom stereocenters. The van der Waals surface area contributed by atoms with Gasteiger partial charge in [-0.1, -0.05) is 31.9 Å². The number of nitrogens with zero attached hydrogens (tertiary/aromatic N) is 1. The van der Waals surface area contributed by atoms with E-state index in [1.54, 1.807) is 7.05 Å². The van der Waals surface area contributed by atoms with Crippen LogP contribution in [0.4, 0.5) is 4.39 Å². The molecule has 1 aromatic rings. The standard InChI is InChI=1S/C13H17ClFNO/c1-4-9(2)8-16(3)13(17)11-7-10(14)5-6-12(11)15/h5-7,9H,4,8H2,1-3H3. The van der Waals surface area contributed by atoms with Crippen molar-refractivity contribution in [3.8, 4) is 0 Å². The lowest BCUT2D eigenvalue weighted by Crippen LogP contribution is -2.31. The van der Waals surface area contributed by atoms with E-state index < -0.39 is 5.82 Å². The lowest BCUT2D eigenvalue weighted by atomic mass is 10.1. The number of halogens is 2. The molecule has 0 heterocycles. The van der Waals surface area contributed by atoms with Gasteiger partial charge in [0.25, 0.3) is 5.91 Å². The molecule has 4 heteroatoms. The Kier molecular flexibility index (Phi) is 4.94. The van der Waals surface area contributed by atoms with E-state index in [9.17, 15) is 9.18 Å². The smallest absolute Gasteiger partial charge is 0.256 e. The predicted molar refractivity (Wildman–Crippen MR) is 67.8 cm³/mol. The van der Waals surface area contributed by atoms with Crippen molar-refractivity contribution in [3.63, 3.8) is 0 Å². The Morgan fingerprint density at radius 3 is 2.76 bits per heavy atom. The average Bonchev–Trinajstić information content (AvgIpc) is 2.31. The molecule has 0 aliphatic carbocycles. The van der Waals surface area contributed by atoms with Crippen LogP contribution in [0.1, 0.15) is 30.6 Å². The molecule has 0 aromatic heterocycles. The molecule has 17 heavy (non-hydrogen) atoms. The van der Waals surface area contributed by atoms with Crippen molar-refractivity contribution in [1.82, 2.24) is 4.90 Å². The van der Waals surface area contributed by atoms with E-state index in [0.29, 0.717) is 17.5 Å². The van der Waals surface area contributed by atoms with E-state index in [0.717, 1.165) is 6.42 Å². The lowest BCUT2D eigenvalue weighted by molar-refractivity contribution is 0.0770. The third-order valence-corrected chi connectivity index (χ3v) is 3.02. The Balaban J connectivity index is 2.85. The van der Waals surface area contributed by atoms with E-state index in [-0.39, 0.29) is 11.5 Å². The van der Waals surface area contributed by atoms with Gasteiger partial charge in [-0.25, -0.2) is 4.39 Å². The summed E-state index contributed by atoms with van der Waals surface area (Å²) in [7, 11) is 1.68. The SMILES string of the molecule is CCC(C)CN(C)C(=O)c1cc(Cl)ccc1F. The van der Waals surface area contributed by atoms with Crippen LogP contribution in [0.3, 0.4) is 0 Å². The predicted octanol–water partition coefficient (Wildman–Crippen LogP) is 3.60. The fourth-order valence-electron chi connectivity index (χ4n) is 1.55. The second kappa shape index (κ2) is 6.01. The van der Waals surface area contributed by atoms with E-state index in [1.807, 2.05) is 0 Å². The van der Waals surface area contributed by atoms with Gasteiger partial charge in [0, 0.05) is 18.6 Å². The number of carbonyl (C=O) groups excluding carboxylic acids is 1. The topological polar surface area (TPSA) is 20.3 Å². The number of carbonyl (C=O) groups is 1. The molecular weight excluding hydrogens is 241 g/mol. The van der Waals surface area contributed by atoms with Crippen LogP contribution >= 0.6 is 11.6 Å². The summed E-state index contributed by atoms with van der Waals surface area (Å²) < 4.78 is 13.5. The molecule has 0 radical (unpaired) electrons. The molecule has 0 saturated carbocycles. The fourth-order valence-corrected chi connectivity index (χ4v) is 1.72. The minimum Gasteiger partial charge on any atom is -0.341 e. The van der Waals surface area contributed by atoms with Gasteiger partial charge < -0.3 is 4.90 Å². The van der Waals surface area contributed by atoms with Crippen molar-refractivity contribution < 1.29 is 9.18 Å². The summed E-state index contributed by atoms with van der Waals surface area (Å²) in [5.41, 5.74) is 0.0308. The van der Waals surface area contributed by atoms with Gasteiger partial charge in [-0.05, 0) is 24.1 Å². The third-order valence-electron chi connectivity index (χ3n) is 2.79. The van der Waals surface area contributed by atoms with Gasteiger partial charge in [0.15, 0.2) is 0 Å². The van der Waals surface area contributed by atoms with Gasteiger partial charge in [0.1, 0.15) is 5.82 Å². The van der Waals surface area contributed by atoms with Gasteiger partial charge in [0.05, 0.1) is 5.56 Å². The highest BCUT2D eigenvalue weighted by atomic mass is 35.5. The first-order valence-corrected chi connectivity index (χ1v) is 6.04. The minimum atomic E-state index is -0.532. The van der Waals surface area contributed by atoms with Crippen molar-refractivity contribution >= 4 is 17.5 Å². The molecule has 1 amide bonds. The van der Waals surface area contributed by atoms with Crippen LogP contribution in [0.25, 0.3) is 0 Å². The molecule has 0 N–H and O–H groups in total. The molecule has 0 spiro atoms. The summed E-state index contributed by atoms with van der Waals surface area (Å²) in [6.45, 7) is 4.72. The molecule has 1 aromatic carbocycles. The molecule has 0 aliphatic heterocycles. The summed E-state index contributed by atoms with van der Waals surface area (Å²) in [4.78, 5) is 13.5. The molecule has 2 nitrogen and oxygen atoms in total. The van der Waals surface area contributed by atoms with Crippen LogP contribution in [0, 0.1) is 11.7 Å². The maximum atomic E-state index is 13.5. The van der Waals surface area contributed by atoms with Gasteiger partial charge in [0.2, 0.25) is 0 Å². The van der Waals surface area contributed by atoms with Gasteiger partial charge >= 0.3 is 0 Å². The van der Waals surface area contributed by atoms with Crippen LogP contribution in [0.5, 0.6) is 0 Å². The van der Waals surface area contributed by atoms with E-state index in [4.69, 9.17) is 11.6 Å². The third kappa shape index (κ3) is 3.70. The molecule has 94 valence electrons. The first kappa shape index (κ1) is 14.0. The zero-order valence-corrected chi connectivity index (χ0v) is 11.1. The molecule has 1 unspecified atom stereocenters. The molecule has 0 fully saturated rings. The quantitative estimate of drug-likeness (QED) is 0.807. The normalized spacial score (nSPS) is 12.3. The Bertz CT molecular complexity index is 408. The molecule has 0 aliphatic rings. The van der Waals surface area contributed by atoms with E-state index in [1.165, 1.54) is 23.1 Å². The zero-order chi connectivity index (χ0) is 13.0. The second-order valence-corrected chi connectivity index (χ2v) is 4.76. The highest BCUT2D eigenvalue weighted by Crippen LogP contribution is 2.17. The fraction of sp³-hybridized carbons (Fsp3) is 0.462. The molecule has 0 saturated heterocycles. The number of hydrogen-bond donors (Lipinski definition) is 0. The van der Waals surface area contributed by atoms with Crippen LogP contribution in [0.15, 0.2) is 18.2 Å². The minimum absolute atomic E-state index is 0.0308. The average molecular weight is 258 g/mol. The molecular formula is C13H17ClFNO. The Morgan fingerprint density at radius 2 is 2.18 bits per heavy atom. The highest BCUT2D eigenvalue weighted by molar-refractivity contribution is 6.30. The van der Waals surface area contributed by atoms with Crippen LogP contribution in [0.2, 0.25) is 5.02 Å². The Hall–Kier alpha value is -1.09. The van der Waals surface area contributed by atoms with Gasteiger partial charge in [-0.2, -0.15) is 0 Å². The number of hydrogen-bond acceptors (Lipinski definition) is 1. The van der Waals surface area contributed by atoms with Crippen molar-refractivity contribution in [2.45, 2.75) is 20.3 Å². The summed E-state index contributed by atoms with van der Waals surface area (Å²) >= 11 is 5.76. The number of benzene rings is 1. The maximum Gasteiger partial charge on any atom is 0.256 e. The van der Waals surface area contributed by atoms with Gasteiger partial charge in [-0.15, -0.1) is 0 Å². The number of amides is 1. The lowest BCUT2D eigenvalue weighted by Gasteiger charge is -2.21. The van der Waals surface area contributed by atoms with Crippen molar-refractivity contribution in [2.75, 3.05) is 13.6 Å². The van der Waals surface area contributed by atoms with Crippen molar-refractivity contribution in [2.24, 2.45) is 5.92 Å². The number of rotatable bonds is 4. The van der Waals surface area contributed by atoms with Crippen molar-refractivity contribution in [1.29, 1.82) is 0 Å². The van der Waals surface area contributed by atoms with Crippen molar-refractivity contribution in [3.05, 3.63) is 34.6 Å². The van der Waals surface area contributed by atoms with Crippen LogP contribution < -0.4 is 0 Å². The van der Waals surface area contributed by atoms with Crippen LogP contribution in [-0.4, -0.2) is 24.4 Å². The highest BCUT2D eigenvalue weighted by Gasteiger charge is 2.17. The van der Waals surface area contributed by atoms with Gasteiger partial charge in [-0.3, -0.25) is 4.79 Å². The monoisotopic (exact) mass is 257 g/mol. The second-order valence-electron chi connectivity index (χ2n) is 4.32. The molecule has 1 rings (SSSR count). The Labute approximate surface area is 106 Å². The zero-order valence-electron chi connectivity index (χ0n) is 10.3. The van der Waals surface area contributed by atoms with E-state index in [2.05, 4.69) is 13.8 Å². The first-order valence-electron chi connectivity index (χ1n) is 5.66. The summed E-state index contributed by atoms with van der Waals surface area (Å²) in [5, 5.41) is 0.367. The first-order chi connectivity index (χ1) is 7.95. The summed E-state index contributed by atoms with van der Waals surface area (Å²) in [5.74, 6) is -0.466. The summed E-state index contributed by atoms with van der Waals surface area (Å²) in [6.07, 6.45) is 0.982. The molecule has 0 bridgehead atoms. The maximum absolute atomic E-state index is 13.5. The van der Waals surface area contributed by atoms with E-state index >= 15 is 0 Å². The largest absolute Gasteiger partial charge is 0.341 e. The Morgan fingerprint density at radius 1 is 1.53 bits per heavy atom. The van der Waals surface area contributed by atoms with Crippen LogP contribution in [-0.2, 0) is 0 Å².